The SMILES string of the molecule is CCCOc1cc(OCCCCN(C)CC(=O)NCCCC(=O)NCCN2CCN(c3ccc(-c4cc(NC(C)C)c(C=N)c(C(=O)NCc5c(C)cc(C)[nH]c5=O)c4)cn3)CC2)cc(Oc2cc3c(cc2N)n(C)c(=O)n3C)c1. The van der Waals surface area contributed by atoms with Crippen LogP contribution in [0.25, 0.3) is 22.2 Å². The van der Waals surface area contributed by atoms with Crippen LogP contribution < -0.4 is 57.4 Å². The van der Waals surface area contributed by atoms with Crippen LogP contribution in [0, 0.1) is 19.3 Å². The Bertz CT molecular complexity index is 3250. The number of likely N-dealkylation sites (N-methyl/N-ethyl adjacent to an activating group) is 1. The maximum atomic E-state index is 13.7. The molecule has 0 bridgehead atoms. The maximum absolute atomic E-state index is 13.7. The summed E-state index contributed by atoms with van der Waals surface area (Å²) in [4.78, 5) is 78.3. The van der Waals surface area contributed by atoms with Crippen LogP contribution in [0.15, 0.2) is 76.4 Å². The van der Waals surface area contributed by atoms with Crippen molar-refractivity contribution in [2.24, 2.45) is 14.1 Å². The van der Waals surface area contributed by atoms with E-state index < -0.39 is 5.91 Å². The van der Waals surface area contributed by atoms with Crippen molar-refractivity contribution >= 4 is 52.2 Å². The number of amides is 3. The van der Waals surface area contributed by atoms with Gasteiger partial charge in [-0.2, -0.15) is 0 Å². The molecule has 0 unspecified atom stereocenters. The summed E-state index contributed by atoms with van der Waals surface area (Å²) in [6.45, 7) is 16.5. The van der Waals surface area contributed by atoms with Crippen molar-refractivity contribution in [3.05, 3.63) is 116 Å². The summed E-state index contributed by atoms with van der Waals surface area (Å²) in [5.41, 5.74) is 12.8. The average molecular weight is 1100 g/mol. The molecule has 3 aromatic carbocycles. The number of imidazole rings is 1. The van der Waals surface area contributed by atoms with Crippen LogP contribution in [0.5, 0.6) is 23.0 Å². The number of rotatable bonds is 28. The number of unbranched alkanes of at least 4 members (excludes halogenated alkanes) is 1. The molecule has 1 aliphatic rings. The van der Waals surface area contributed by atoms with Gasteiger partial charge in [-0.25, -0.2) is 9.78 Å². The quantitative estimate of drug-likeness (QED) is 0.0167. The molecule has 3 amide bonds. The molecule has 80 heavy (non-hydrogen) atoms. The van der Waals surface area contributed by atoms with Crippen LogP contribution in [0.3, 0.4) is 0 Å². The molecule has 8 N–H and O–H groups in total. The first-order valence-electron chi connectivity index (χ1n) is 27.5. The number of nitrogens with two attached hydrogens (primary N) is 1. The lowest BCUT2D eigenvalue weighted by Crippen LogP contribution is -2.48. The lowest BCUT2D eigenvalue weighted by Gasteiger charge is -2.35. The first-order chi connectivity index (χ1) is 38.4. The van der Waals surface area contributed by atoms with E-state index in [0.29, 0.717) is 108 Å². The number of aromatic amines is 1. The molecule has 4 heterocycles. The van der Waals surface area contributed by atoms with E-state index in [0.717, 1.165) is 80.2 Å². The number of aromatic nitrogens is 4. The number of ether oxygens (including phenoxy) is 3. The molecule has 21 nitrogen and oxygen atoms in total. The third kappa shape index (κ3) is 16.0. The smallest absolute Gasteiger partial charge is 0.328 e. The predicted octanol–water partition coefficient (Wildman–Crippen LogP) is 6.08. The zero-order valence-electron chi connectivity index (χ0n) is 47.6. The van der Waals surface area contributed by atoms with Crippen LogP contribution in [0.2, 0.25) is 0 Å². The van der Waals surface area contributed by atoms with Gasteiger partial charge < -0.3 is 56.5 Å². The molecule has 428 valence electrons. The van der Waals surface area contributed by atoms with Gasteiger partial charge in [0.1, 0.15) is 23.1 Å². The Morgan fingerprint density at radius 3 is 2.21 bits per heavy atom. The number of anilines is 3. The second-order valence-electron chi connectivity index (χ2n) is 20.8. The topological polar surface area (TPSA) is 259 Å². The molecule has 7 rings (SSSR count). The Morgan fingerprint density at radius 1 is 0.838 bits per heavy atom. The van der Waals surface area contributed by atoms with Gasteiger partial charge in [0.25, 0.3) is 11.5 Å². The van der Waals surface area contributed by atoms with Crippen molar-refractivity contribution < 1.29 is 28.6 Å². The average Bonchev–Trinajstić information content (AvgIpc) is 3.73. The summed E-state index contributed by atoms with van der Waals surface area (Å²) < 4.78 is 21.4. The Kier molecular flexibility index (Phi) is 20.9. The Labute approximate surface area is 467 Å². The van der Waals surface area contributed by atoms with Gasteiger partial charge in [-0.3, -0.25) is 38.1 Å². The number of carbonyl (C=O) groups excluding carboxylic acids is 3. The molecule has 3 aromatic heterocycles. The molecular formula is C59H79N13O8. The van der Waals surface area contributed by atoms with Crippen LogP contribution in [0.4, 0.5) is 17.2 Å². The van der Waals surface area contributed by atoms with E-state index in [4.69, 9.17) is 30.3 Å². The normalized spacial score (nSPS) is 12.7. The number of aryl methyl sites for hydroxylation is 4. The monoisotopic (exact) mass is 1100 g/mol. The highest BCUT2D eigenvalue weighted by Gasteiger charge is 2.22. The third-order valence-electron chi connectivity index (χ3n) is 13.9. The molecule has 0 radical (unpaired) electrons. The highest BCUT2D eigenvalue weighted by atomic mass is 16.5. The number of piperazine rings is 1. The van der Waals surface area contributed by atoms with E-state index >= 15 is 0 Å². The third-order valence-corrected chi connectivity index (χ3v) is 13.9. The van der Waals surface area contributed by atoms with E-state index in [1.54, 1.807) is 59.8 Å². The minimum absolute atomic E-state index is 0.0424. The van der Waals surface area contributed by atoms with E-state index in [-0.39, 0.29) is 42.2 Å². The number of fused-ring (bicyclic) bond motifs is 1. The van der Waals surface area contributed by atoms with Crippen molar-refractivity contribution in [1.29, 1.82) is 5.41 Å². The first-order valence-corrected chi connectivity index (χ1v) is 27.5. The van der Waals surface area contributed by atoms with Crippen LogP contribution in [-0.2, 0) is 30.2 Å². The number of pyridine rings is 2. The van der Waals surface area contributed by atoms with Crippen LogP contribution in [0.1, 0.15) is 85.6 Å². The van der Waals surface area contributed by atoms with E-state index in [1.807, 2.05) is 76.9 Å². The molecule has 0 atom stereocenters. The van der Waals surface area contributed by atoms with Gasteiger partial charge in [-0.05, 0) is 114 Å². The summed E-state index contributed by atoms with van der Waals surface area (Å²) in [6.07, 6.45) is 6.23. The van der Waals surface area contributed by atoms with Gasteiger partial charge in [0.15, 0.2) is 5.75 Å². The van der Waals surface area contributed by atoms with Gasteiger partial charge in [0, 0.05) is 144 Å². The van der Waals surface area contributed by atoms with Gasteiger partial charge in [-0.15, -0.1) is 0 Å². The number of carbonyl (C=O) groups is 3. The number of nitrogens with zero attached hydrogens (tertiary/aromatic N) is 6. The van der Waals surface area contributed by atoms with Crippen molar-refractivity contribution in [1.82, 2.24) is 44.9 Å². The van der Waals surface area contributed by atoms with Crippen LogP contribution in [-0.4, -0.2) is 138 Å². The van der Waals surface area contributed by atoms with Crippen molar-refractivity contribution in [2.75, 3.05) is 95.1 Å². The minimum Gasteiger partial charge on any atom is -0.493 e. The molecule has 1 aliphatic heterocycles. The fourth-order valence-corrected chi connectivity index (χ4v) is 9.62. The van der Waals surface area contributed by atoms with Gasteiger partial charge in [-0.1, -0.05) is 6.92 Å². The summed E-state index contributed by atoms with van der Waals surface area (Å²) in [5.74, 6) is 2.40. The highest BCUT2D eigenvalue weighted by Crippen LogP contribution is 2.36. The van der Waals surface area contributed by atoms with Gasteiger partial charge >= 0.3 is 5.69 Å². The predicted molar refractivity (Wildman–Crippen MR) is 315 cm³/mol. The molecule has 6 aromatic rings. The lowest BCUT2D eigenvalue weighted by atomic mass is 9.97. The summed E-state index contributed by atoms with van der Waals surface area (Å²) >= 11 is 0. The molecule has 1 fully saturated rings. The standard InChI is InChI=1S/C59H79N13O8/c1-9-24-78-43-29-44(31-45(30-43)80-53-33-52-51(32-49(53)61)69(7)59(77)70(52)8)79-25-11-10-18-68(6)37-56(74)62-16-12-13-55(73)63-17-19-71-20-22-72(23-21-71)54-15-14-41(35-64-54)42-27-46(47(34-60)50(28-42)66-38(2)3)57(75)65-36-48-39(4)26-40(5)67-58(48)76/h14-15,26-35,38,60,66H,9-13,16-25,36-37,61H2,1-8H3,(H,62,74)(H,63,73)(H,65,75)(H,67,76). The van der Waals surface area contributed by atoms with Gasteiger partial charge in [0.2, 0.25) is 11.8 Å². The molecule has 0 spiro atoms. The Hall–Kier alpha value is -8.17. The molecule has 0 saturated carbocycles. The van der Waals surface area contributed by atoms with E-state index in [1.165, 1.54) is 6.21 Å². The molecule has 1 saturated heterocycles. The van der Waals surface area contributed by atoms with E-state index in [9.17, 15) is 24.0 Å². The number of benzene rings is 3. The van der Waals surface area contributed by atoms with E-state index in [2.05, 4.69) is 36.1 Å². The second kappa shape index (κ2) is 28.1. The highest BCUT2D eigenvalue weighted by molar-refractivity contribution is 6.06. The Balaban J connectivity index is 0.771. The summed E-state index contributed by atoms with van der Waals surface area (Å²) in [7, 11) is 5.31. The van der Waals surface area contributed by atoms with Crippen molar-refractivity contribution in [3.63, 3.8) is 0 Å². The number of hydrogen-bond donors (Lipinski definition) is 7. The fraction of sp³-hybridized carbons (Fsp3) is 0.441. The minimum atomic E-state index is -0.392. The maximum Gasteiger partial charge on any atom is 0.328 e. The summed E-state index contributed by atoms with van der Waals surface area (Å²) in [5, 5.41) is 20.5. The number of hydrogen-bond acceptors (Lipinski definition) is 15. The Morgan fingerprint density at radius 2 is 1.54 bits per heavy atom. The molecule has 21 heteroatoms. The largest absolute Gasteiger partial charge is 0.493 e. The van der Waals surface area contributed by atoms with Crippen molar-refractivity contribution in [3.8, 4) is 34.1 Å². The second-order valence-corrected chi connectivity index (χ2v) is 20.8. The fourth-order valence-electron chi connectivity index (χ4n) is 9.62. The first kappa shape index (κ1) is 59.5. The van der Waals surface area contributed by atoms with Gasteiger partial charge in [0.05, 0.1) is 42.0 Å². The lowest BCUT2D eigenvalue weighted by molar-refractivity contribution is -0.123. The number of nitrogens with one attached hydrogen (secondary N) is 6. The zero-order chi connectivity index (χ0) is 57.5. The summed E-state index contributed by atoms with van der Waals surface area (Å²) in [6, 6.07) is 18.5. The number of H-pyrrole nitrogens is 1. The molecule has 0 aliphatic carbocycles. The number of nitrogen functional groups attached to an aromatic ring is 1. The zero-order valence-corrected chi connectivity index (χ0v) is 47.6. The van der Waals surface area contributed by atoms with Crippen molar-refractivity contribution in [2.45, 2.75) is 79.3 Å². The molecular weight excluding hydrogens is 1020 g/mol. The van der Waals surface area contributed by atoms with Crippen LogP contribution >= 0.6 is 0 Å².